The van der Waals surface area contributed by atoms with Gasteiger partial charge in [0.1, 0.15) is 23.3 Å². The van der Waals surface area contributed by atoms with Crippen molar-refractivity contribution in [1.82, 2.24) is 0 Å². The molecular weight excluding hydrogens is 524 g/mol. The summed E-state index contributed by atoms with van der Waals surface area (Å²) in [4.78, 5) is 29.0. The predicted molar refractivity (Wildman–Crippen MR) is 162 cm³/mol. The predicted octanol–water partition coefficient (Wildman–Crippen LogP) is 6.56. The first-order chi connectivity index (χ1) is 18.9. The molecule has 0 saturated heterocycles. The van der Waals surface area contributed by atoms with Gasteiger partial charge in [0.05, 0.1) is 12.1 Å². The van der Waals surface area contributed by atoms with Crippen LogP contribution in [0.15, 0.2) is 59.1 Å². The van der Waals surface area contributed by atoms with Crippen LogP contribution >= 0.6 is 11.6 Å². The van der Waals surface area contributed by atoms with Gasteiger partial charge in [-0.2, -0.15) is 0 Å². The maximum atomic E-state index is 12.4. The first kappa shape index (κ1) is 31.2. The number of benzene rings is 2. The lowest BCUT2D eigenvalue weighted by atomic mass is 9.61. The van der Waals surface area contributed by atoms with E-state index < -0.39 is 11.9 Å². The number of aliphatic imine (C=N–C) groups is 1. The fraction of sp³-hybridized carbons (Fsp3) is 0.424. The molecule has 0 heterocycles. The number of allylic oxidation sites excluding steroid dienone is 4. The molecule has 0 aromatic heterocycles. The number of nitrogens with zero attached hydrogens (tertiary/aromatic N) is 1. The van der Waals surface area contributed by atoms with Gasteiger partial charge in [0.25, 0.3) is 0 Å². The van der Waals surface area contributed by atoms with Crippen molar-refractivity contribution < 1.29 is 19.4 Å². The summed E-state index contributed by atoms with van der Waals surface area (Å²) in [6.45, 7) is 10.1. The fourth-order valence-corrected chi connectivity index (χ4v) is 5.56. The SMILES string of the molecule is COc1c(Cl)c(C)c(C=NC(Cc2ccccc2)C(N)=O)c(O)c1C/C=C(C)/C=C/[C@@]1(C)[C@H](C)CCC(=O)[C@@H]1C. The van der Waals surface area contributed by atoms with Crippen molar-refractivity contribution in [1.29, 1.82) is 0 Å². The van der Waals surface area contributed by atoms with Crippen LogP contribution in [0.25, 0.3) is 0 Å². The lowest BCUT2D eigenvalue weighted by molar-refractivity contribution is -0.129. The van der Waals surface area contributed by atoms with Crippen molar-refractivity contribution in [3.05, 3.63) is 81.4 Å². The molecule has 1 aliphatic rings. The number of carbonyl (C=O) groups excluding carboxylic acids is 2. The second-order valence-corrected chi connectivity index (χ2v) is 11.5. The third kappa shape index (κ3) is 6.84. The lowest BCUT2D eigenvalue weighted by Crippen LogP contribution is -2.40. The van der Waals surface area contributed by atoms with Crippen molar-refractivity contribution in [3.63, 3.8) is 0 Å². The van der Waals surface area contributed by atoms with Gasteiger partial charge in [-0.25, -0.2) is 0 Å². The van der Waals surface area contributed by atoms with Crippen LogP contribution in [0.1, 0.15) is 62.8 Å². The number of phenolic OH excluding ortho intramolecular Hbond substituents is 1. The molecule has 6 nitrogen and oxygen atoms in total. The maximum Gasteiger partial charge on any atom is 0.242 e. The highest BCUT2D eigenvalue weighted by atomic mass is 35.5. The molecule has 1 unspecified atom stereocenters. The van der Waals surface area contributed by atoms with E-state index in [-0.39, 0.29) is 17.1 Å². The van der Waals surface area contributed by atoms with Crippen LogP contribution in [0.4, 0.5) is 0 Å². The van der Waals surface area contributed by atoms with Gasteiger partial charge >= 0.3 is 0 Å². The van der Waals surface area contributed by atoms with Crippen molar-refractivity contribution in [2.75, 3.05) is 7.11 Å². The Morgan fingerprint density at radius 2 is 1.98 bits per heavy atom. The van der Waals surface area contributed by atoms with E-state index in [2.05, 4.69) is 24.9 Å². The molecule has 40 heavy (non-hydrogen) atoms. The number of Topliss-reactive ketones (excluding diaryl/α,β-unsaturated/α-hetero) is 1. The third-order valence-electron chi connectivity index (χ3n) is 8.57. The number of halogens is 1. The fourth-order valence-electron chi connectivity index (χ4n) is 5.27. The molecule has 2 aromatic carbocycles. The number of primary amides is 1. The number of hydrogen-bond donors (Lipinski definition) is 2. The zero-order valence-corrected chi connectivity index (χ0v) is 25.1. The Bertz CT molecular complexity index is 1330. The second-order valence-electron chi connectivity index (χ2n) is 11.1. The molecule has 214 valence electrons. The van der Waals surface area contributed by atoms with Crippen LogP contribution in [-0.4, -0.2) is 36.2 Å². The molecule has 1 saturated carbocycles. The van der Waals surface area contributed by atoms with Gasteiger partial charge in [0.15, 0.2) is 0 Å². The molecule has 1 aliphatic carbocycles. The summed E-state index contributed by atoms with van der Waals surface area (Å²) in [5.41, 5.74) is 8.87. The maximum absolute atomic E-state index is 12.4. The third-order valence-corrected chi connectivity index (χ3v) is 9.03. The number of carbonyl (C=O) groups is 2. The van der Waals surface area contributed by atoms with Crippen molar-refractivity contribution >= 4 is 29.5 Å². The van der Waals surface area contributed by atoms with E-state index in [1.54, 1.807) is 6.92 Å². The Morgan fingerprint density at radius 1 is 1.30 bits per heavy atom. The number of hydrogen-bond acceptors (Lipinski definition) is 5. The van der Waals surface area contributed by atoms with E-state index in [1.807, 2.05) is 56.3 Å². The van der Waals surface area contributed by atoms with Crippen LogP contribution in [0.2, 0.25) is 5.02 Å². The van der Waals surface area contributed by atoms with Crippen LogP contribution in [0, 0.1) is 24.2 Å². The summed E-state index contributed by atoms with van der Waals surface area (Å²) >= 11 is 6.67. The van der Waals surface area contributed by atoms with Gasteiger partial charge in [-0.3, -0.25) is 14.6 Å². The van der Waals surface area contributed by atoms with E-state index in [4.69, 9.17) is 22.1 Å². The molecular formula is C33H41ClN2O4. The molecule has 2 aromatic rings. The zero-order chi connectivity index (χ0) is 29.6. The first-order valence-corrected chi connectivity index (χ1v) is 14.1. The van der Waals surface area contributed by atoms with Crippen molar-refractivity contribution in [3.8, 4) is 11.5 Å². The van der Waals surface area contributed by atoms with Gasteiger partial charge in [-0.15, -0.1) is 0 Å². The Balaban J connectivity index is 1.91. The van der Waals surface area contributed by atoms with E-state index in [1.165, 1.54) is 13.3 Å². The molecule has 1 fully saturated rings. The minimum atomic E-state index is -0.796. The molecule has 3 N–H and O–H groups in total. The average molecular weight is 565 g/mol. The van der Waals surface area contributed by atoms with Crippen molar-refractivity contribution in [2.24, 2.45) is 28.0 Å². The van der Waals surface area contributed by atoms with E-state index in [9.17, 15) is 14.7 Å². The minimum Gasteiger partial charge on any atom is -0.507 e. The molecule has 7 heteroatoms. The molecule has 4 atom stereocenters. The highest BCUT2D eigenvalue weighted by molar-refractivity contribution is 6.33. The molecule has 0 spiro atoms. The minimum absolute atomic E-state index is 0.00876. The number of phenols is 1. The zero-order valence-electron chi connectivity index (χ0n) is 24.3. The Hall–Kier alpha value is -3.38. The Morgan fingerprint density at radius 3 is 2.60 bits per heavy atom. The monoisotopic (exact) mass is 564 g/mol. The standard InChI is InChI=1S/C33H41ClN2O4/c1-20(16-17-33(5)21(2)13-15-28(37)23(33)4)12-14-25-30(38)26(22(3)29(34)31(25)40-6)19-36-27(32(35)39)18-24-10-8-7-9-11-24/h7-12,16-17,19,21,23,27,38H,13-15,18H2,1-6H3,(H2,35,39)/b17-16+,20-12+,36-19?/t21-,23+,27?,33+/m1/s1. The smallest absolute Gasteiger partial charge is 0.242 e. The number of ether oxygens (including phenoxy) is 1. The van der Waals surface area contributed by atoms with Gasteiger partial charge in [0, 0.05) is 36.1 Å². The van der Waals surface area contributed by atoms with Crippen LogP contribution in [0.3, 0.4) is 0 Å². The Kier molecular flexibility index (Phi) is 10.4. The van der Waals surface area contributed by atoms with Gasteiger partial charge in [-0.1, -0.05) is 86.5 Å². The average Bonchev–Trinajstić information content (AvgIpc) is 2.94. The number of amides is 1. The number of rotatable bonds is 10. The number of aromatic hydroxyl groups is 1. The number of ketones is 1. The quantitative estimate of drug-likeness (QED) is 0.252. The molecule has 0 bridgehead atoms. The van der Waals surface area contributed by atoms with Gasteiger partial charge in [-0.05, 0) is 49.1 Å². The second kappa shape index (κ2) is 13.3. The van der Waals surface area contributed by atoms with E-state index in [0.717, 1.165) is 17.6 Å². The Labute approximate surface area is 243 Å². The largest absolute Gasteiger partial charge is 0.507 e. The summed E-state index contributed by atoms with van der Waals surface area (Å²) in [5.74, 6) is 0.507. The first-order valence-electron chi connectivity index (χ1n) is 13.7. The van der Waals surface area contributed by atoms with Crippen LogP contribution in [0.5, 0.6) is 11.5 Å². The number of nitrogens with two attached hydrogens (primary N) is 1. The lowest BCUT2D eigenvalue weighted by Gasteiger charge is -2.42. The highest BCUT2D eigenvalue weighted by Gasteiger charge is 2.41. The summed E-state index contributed by atoms with van der Waals surface area (Å²) < 4.78 is 5.58. The van der Waals surface area contributed by atoms with E-state index in [0.29, 0.717) is 58.4 Å². The molecule has 3 rings (SSSR count). The highest BCUT2D eigenvalue weighted by Crippen LogP contribution is 2.45. The topological polar surface area (TPSA) is 102 Å². The summed E-state index contributed by atoms with van der Waals surface area (Å²) in [6.07, 6.45) is 9.91. The summed E-state index contributed by atoms with van der Waals surface area (Å²) in [7, 11) is 1.51. The van der Waals surface area contributed by atoms with Crippen LogP contribution in [-0.2, 0) is 22.4 Å². The summed E-state index contributed by atoms with van der Waals surface area (Å²) in [6, 6.07) is 8.71. The normalized spacial score (nSPS) is 22.7. The molecule has 0 aliphatic heterocycles. The van der Waals surface area contributed by atoms with Crippen LogP contribution < -0.4 is 10.5 Å². The molecule has 1 amide bonds. The van der Waals surface area contributed by atoms with Gasteiger partial charge < -0.3 is 15.6 Å². The molecule has 0 radical (unpaired) electrons. The van der Waals surface area contributed by atoms with E-state index >= 15 is 0 Å². The van der Waals surface area contributed by atoms with Gasteiger partial charge in [0.2, 0.25) is 5.91 Å². The summed E-state index contributed by atoms with van der Waals surface area (Å²) in [5, 5.41) is 11.7. The number of methoxy groups -OCH3 is 1. The van der Waals surface area contributed by atoms with Crippen molar-refractivity contribution in [2.45, 2.75) is 66.3 Å².